The minimum Gasteiger partial charge on any atom is -0.507 e. The molecule has 1 heterocycles. The van der Waals surface area contributed by atoms with Crippen molar-refractivity contribution in [3.05, 3.63) is 48.0 Å². The lowest BCUT2D eigenvalue weighted by Crippen LogP contribution is -2.33. The molecule has 2 aromatic rings. The zero-order valence-corrected chi connectivity index (χ0v) is 13.1. The summed E-state index contributed by atoms with van der Waals surface area (Å²) in [6, 6.07) is 12.4. The molecule has 0 fully saturated rings. The van der Waals surface area contributed by atoms with Crippen LogP contribution in [0.25, 0.3) is 0 Å². The number of rotatable bonds is 4. The van der Waals surface area contributed by atoms with Crippen LogP contribution in [0.5, 0.6) is 11.5 Å². The molecule has 3 rings (SSSR count). The fraction of sp³-hybridized carbons (Fsp3) is 0.118. The van der Waals surface area contributed by atoms with E-state index in [1.165, 1.54) is 0 Å². The molecule has 4 N–H and O–H groups in total. The van der Waals surface area contributed by atoms with Gasteiger partial charge in [0.1, 0.15) is 24.1 Å². The molecule has 0 saturated carbocycles. The largest absolute Gasteiger partial charge is 0.507 e. The van der Waals surface area contributed by atoms with Crippen molar-refractivity contribution < 1.29 is 19.2 Å². The van der Waals surface area contributed by atoms with Crippen molar-refractivity contribution in [1.29, 1.82) is 0 Å². The maximum absolute atomic E-state index is 11.7. The molecule has 0 aromatic heterocycles. The van der Waals surface area contributed by atoms with E-state index in [-0.39, 0.29) is 18.1 Å². The second-order valence-electron chi connectivity index (χ2n) is 5.18. The van der Waals surface area contributed by atoms with Gasteiger partial charge < -0.3 is 9.84 Å². The van der Waals surface area contributed by atoms with E-state index >= 15 is 0 Å². The number of nitrogens with one attached hydrogen (secondary N) is 1. The molecule has 7 nitrogen and oxygen atoms in total. The zero-order valence-electron chi connectivity index (χ0n) is 13.1. The van der Waals surface area contributed by atoms with Crippen LogP contribution < -0.4 is 16.0 Å². The Bertz CT molecular complexity index is 859. The zero-order chi connectivity index (χ0) is 17.1. The van der Waals surface area contributed by atoms with Crippen LogP contribution in [0.3, 0.4) is 0 Å². The molecule has 0 radical (unpaired) electrons. The van der Waals surface area contributed by atoms with Crippen LogP contribution >= 0.6 is 0 Å². The number of benzene rings is 2. The number of aromatic hydroxyl groups is 1. The Kier molecular flexibility index (Phi) is 4.26. The summed E-state index contributed by atoms with van der Waals surface area (Å²) in [5.74, 6) is 6.05. The summed E-state index contributed by atoms with van der Waals surface area (Å²) in [6.45, 7) is 0. The normalized spacial score (nSPS) is 14.2. The van der Waals surface area contributed by atoms with E-state index in [4.69, 9.17) is 10.6 Å². The number of fused-ring (bicyclic) bond motifs is 1. The fourth-order valence-electron chi connectivity index (χ4n) is 2.46. The van der Waals surface area contributed by atoms with E-state index in [1.807, 2.05) is 24.3 Å². The second kappa shape index (κ2) is 6.51. The Morgan fingerprint density at radius 1 is 1.38 bits per heavy atom. The van der Waals surface area contributed by atoms with Crippen LogP contribution in [-0.2, 0) is 4.79 Å². The molecule has 0 aliphatic carbocycles. The van der Waals surface area contributed by atoms with Crippen molar-refractivity contribution >= 4 is 29.3 Å². The number of nitrogens with zero attached hydrogens (tertiary/aromatic N) is 2. The maximum atomic E-state index is 11.7. The Labute approximate surface area is 138 Å². The predicted octanol–water partition coefficient (Wildman–Crippen LogP) is 1.59. The monoisotopic (exact) mass is 325 g/mol. The lowest BCUT2D eigenvalue weighted by atomic mass is 10.2. The highest BCUT2D eigenvalue weighted by atomic mass is 16.5. The first-order valence-electron chi connectivity index (χ1n) is 7.29. The van der Waals surface area contributed by atoms with E-state index in [0.29, 0.717) is 17.1 Å². The van der Waals surface area contributed by atoms with Gasteiger partial charge in [0, 0.05) is 0 Å². The summed E-state index contributed by atoms with van der Waals surface area (Å²) in [5.41, 5.74) is 4.22. The predicted molar refractivity (Wildman–Crippen MR) is 90.2 cm³/mol. The molecule has 2 aromatic carbocycles. The van der Waals surface area contributed by atoms with Gasteiger partial charge in [0.2, 0.25) is 11.6 Å². The molecule has 122 valence electrons. The number of amidine groups is 1. The number of hydrogen-bond donors (Lipinski definition) is 3. The molecule has 1 aliphatic rings. The number of hydrazine groups is 1. The number of methoxy groups -OCH3 is 1. The molecule has 1 aliphatic heterocycles. The average Bonchev–Trinajstić information content (AvgIpc) is 2.94. The third kappa shape index (κ3) is 2.97. The Balaban J connectivity index is 2.09. The molecule has 0 spiro atoms. The van der Waals surface area contributed by atoms with Gasteiger partial charge in [-0.25, -0.2) is 5.84 Å². The molecule has 1 amide bonds. The number of para-hydroxylation sites is 2. The van der Waals surface area contributed by atoms with Crippen LogP contribution in [0.4, 0.5) is 11.4 Å². The van der Waals surface area contributed by atoms with Crippen LogP contribution in [-0.4, -0.2) is 34.7 Å². The first kappa shape index (κ1) is 15.7. The van der Waals surface area contributed by atoms with E-state index in [1.54, 1.807) is 36.1 Å². The number of carbonyl (C=O) groups is 1. The topological polar surface area (TPSA) is 100.0 Å². The van der Waals surface area contributed by atoms with E-state index in [0.717, 1.165) is 11.4 Å². The minimum atomic E-state index is -0.352. The quantitative estimate of drug-likeness (QED) is 0.344. The van der Waals surface area contributed by atoms with Crippen LogP contribution in [0, 0.1) is 0 Å². The number of carbonyl (C=O) groups excluding carboxylic acids is 1. The lowest BCUT2D eigenvalue weighted by Gasteiger charge is -2.05. The lowest BCUT2D eigenvalue weighted by molar-refractivity contribution is -0.296. The number of aliphatic imine (C=N–C) groups is 1. The third-order valence-corrected chi connectivity index (χ3v) is 3.65. The summed E-state index contributed by atoms with van der Waals surface area (Å²) in [6.07, 6.45) is 1.73. The summed E-state index contributed by atoms with van der Waals surface area (Å²) in [7, 11) is 1.56. The molecule has 0 saturated heterocycles. The molecule has 24 heavy (non-hydrogen) atoms. The van der Waals surface area contributed by atoms with Crippen molar-refractivity contribution in [3.8, 4) is 11.5 Å². The number of ether oxygens (including phenoxy) is 1. The Morgan fingerprint density at radius 3 is 2.92 bits per heavy atom. The number of phenolic OH excluding ortho intramolecular Hbond substituents is 1. The first-order valence-corrected chi connectivity index (χ1v) is 7.29. The molecule has 0 atom stereocenters. The maximum Gasteiger partial charge on any atom is 0.314 e. The van der Waals surface area contributed by atoms with Gasteiger partial charge in [0.25, 0.3) is 0 Å². The van der Waals surface area contributed by atoms with Gasteiger partial charge in [-0.05, 0) is 35.3 Å². The van der Waals surface area contributed by atoms with Gasteiger partial charge in [0.15, 0.2) is 5.69 Å². The van der Waals surface area contributed by atoms with E-state index in [9.17, 15) is 9.90 Å². The third-order valence-electron chi connectivity index (χ3n) is 3.65. The second-order valence-corrected chi connectivity index (χ2v) is 5.18. The number of amides is 1. The van der Waals surface area contributed by atoms with Crippen molar-refractivity contribution in [2.45, 2.75) is 6.42 Å². The summed E-state index contributed by atoms with van der Waals surface area (Å²) >= 11 is 0. The SMILES string of the molecule is COc1ccc(O)c(C=[N+]2C(CC(=O)NN)=Nc3ccccc32)c1. The Hall–Kier alpha value is -3.19. The molecule has 0 bridgehead atoms. The highest BCUT2D eigenvalue weighted by Crippen LogP contribution is 2.34. The standard InChI is InChI=1S/C17H16N4O3/c1-24-12-6-7-15(22)11(8-12)10-21-14-5-3-2-4-13(14)19-16(21)9-17(23)20-18/h2-8,10H,9,18H2,1H3,(H,20,23)/p+1. The highest BCUT2D eigenvalue weighted by molar-refractivity contribution is 6.02. The average molecular weight is 325 g/mol. The van der Waals surface area contributed by atoms with E-state index in [2.05, 4.69) is 10.4 Å². The van der Waals surface area contributed by atoms with Crippen molar-refractivity contribution in [1.82, 2.24) is 5.43 Å². The van der Waals surface area contributed by atoms with Gasteiger partial charge in [-0.3, -0.25) is 10.2 Å². The smallest absolute Gasteiger partial charge is 0.314 e. The van der Waals surface area contributed by atoms with Gasteiger partial charge in [-0.15, -0.1) is 0 Å². The first-order chi connectivity index (χ1) is 11.6. The van der Waals surface area contributed by atoms with Gasteiger partial charge in [-0.1, -0.05) is 12.1 Å². The van der Waals surface area contributed by atoms with Crippen molar-refractivity contribution in [2.75, 3.05) is 7.11 Å². The fourth-order valence-corrected chi connectivity index (χ4v) is 2.46. The highest BCUT2D eigenvalue weighted by Gasteiger charge is 2.31. The van der Waals surface area contributed by atoms with Gasteiger partial charge in [0.05, 0.1) is 12.7 Å². The molecular formula is C17H17N4O3+. The van der Waals surface area contributed by atoms with Gasteiger partial charge in [-0.2, -0.15) is 4.58 Å². The van der Waals surface area contributed by atoms with Crippen LogP contribution in [0.15, 0.2) is 47.5 Å². The molecular weight excluding hydrogens is 308 g/mol. The van der Waals surface area contributed by atoms with Crippen molar-refractivity contribution in [3.63, 3.8) is 0 Å². The number of nitrogens with two attached hydrogens (primary N) is 1. The van der Waals surface area contributed by atoms with Crippen LogP contribution in [0.2, 0.25) is 0 Å². The van der Waals surface area contributed by atoms with Crippen molar-refractivity contribution in [2.24, 2.45) is 10.8 Å². The van der Waals surface area contributed by atoms with Gasteiger partial charge >= 0.3 is 5.84 Å². The number of hydrogen-bond acceptors (Lipinski definition) is 5. The molecule has 7 heteroatoms. The summed E-state index contributed by atoms with van der Waals surface area (Å²) < 4.78 is 6.96. The summed E-state index contributed by atoms with van der Waals surface area (Å²) in [4.78, 5) is 16.1. The number of phenols is 1. The minimum absolute atomic E-state index is 0.0202. The Morgan fingerprint density at radius 2 is 2.17 bits per heavy atom. The van der Waals surface area contributed by atoms with E-state index < -0.39 is 0 Å². The van der Waals surface area contributed by atoms with Crippen LogP contribution in [0.1, 0.15) is 12.0 Å². The molecule has 0 unspecified atom stereocenters. The summed E-state index contributed by atoms with van der Waals surface area (Å²) in [5, 5.41) is 10.1.